The van der Waals surface area contributed by atoms with Crippen LogP contribution in [0.5, 0.6) is 0 Å². The van der Waals surface area contributed by atoms with Crippen LogP contribution in [0.4, 0.5) is 5.69 Å². The molecule has 3 rings (SSSR count). The molecule has 3 heteroatoms. The molecule has 3 nitrogen and oxygen atoms in total. The summed E-state index contributed by atoms with van der Waals surface area (Å²) in [6.45, 7) is 1.98. The van der Waals surface area contributed by atoms with Crippen molar-refractivity contribution in [3.8, 4) is 0 Å². The van der Waals surface area contributed by atoms with E-state index in [0.29, 0.717) is 6.42 Å². The maximum atomic E-state index is 9.40. The third kappa shape index (κ3) is 7.20. The minimum atomic E-state index is 0.708. The Kier molecular flexibility index (Phi) is 8.71. The van der Waals surface area contributed by atoms with Crippen molar-refractivity contribution in [1.82, 2.24) is 4.98 Å². The summed E-state index contributed by atoms with van der Waals surface area (Å²) in [5.74, 6) is 0. The van der Waals surface area contributed by atoms with E-state index in [2.05, 4.69) is 17.1 Å². The molecule has 1 heterocycles. The average molecular weight is 294 g/mol. The summed E-state index contributed by atoms with van der Waals surface area (Å²) >= 11 is 0. The Morgan fingerprint density at radius 2 is 1.59 bits per heavy atom. The third-order valence-electron chi connectivity index (χ3n) is 2.72. The molecule has 0 bridgehead atoms. The summed E-state index contributed by atoms with van der Waals surface area (Å²) in [7, 11) is 0. The van der Waals surface area contributed by atoms with E-state index < -0.39 is 0 Å². The minimum Gasteiger partial charge on any atom is -0.399 e. The van der Waals surface area contributed by atoms with E-state index in [9.17, 15) is 4.79 Å². The van der Waals surface area contributed by atoms with Gasteiger partial charge in [-0.2, -0.15) is 0 Å². The van der Waals surface area contributed by atoms with E-state index in [1.807, 2.05) is 67.7 Å². The van der Waals surface area contributed by atoms with Crippen LogP contribution in [0.15, 0.2) is 72.9 Å². The molecule has 3 aromatic rings. The summed E-state index contributed by atoms with van der Waals surface area (Å²) in [5.41, 5.74) is 7.24. The molecule has 0 saturated carbocycles. The molecule has 0 atom stereocenters. The highest BCUT2D eigenvalue weighted by Crippen LogP contribution is 2.07. The largest absolute Gasteiger partial charge is 0.399 e. The Bertz CT molecular complexity index is 588. The maximum Gasteiger partial charge on any atom is 0.119 e. The van der Waals surface area contributed by atoms with E-state index in [1.165, 1.54) is 5.39 Å². The first kappa shape index (κ1) is 17.4. The third-order valence-corrected chi connectivity index (χ3v) is 2.72. The number of anilines is 1. The van der Waals surface area contributed by atoms with Crippen LogP contribution in [-0.2, 0) is 4.79 Å². The predicted octanol–water partition coefficient (Wildman–Crippen LogP) is 4.49. The molecule has 0 spiro atoms. The minimum absolute atomic E-state index is 0.708. The number of benzene rings is 2. The first-order chi connectivity index (χ1) is 10.8. The van der Waals surface area contributed by atoms with Crippen molar-refractivity contribution in [1.29, 1.82) is 0 Å². The highest BCUT2D eigenvalue weighted by molar-refractivity contribution is 5.77. The van der Waals surface area contributed by atoms with Crippen molar-refractivity contribution < 1.29 is 4.79 Å². The number of nitrogens with zero attached hydrogens (tertiary/aromatic N) is 1. The lowest BCUT2D eigenvalue weighted by molar-refractivity contribution is -0.107. The first-order valence-corrected chi connectivity index (χ1v) is 7.31. The lowest BCUT2D eigenvalue weighted by Gasteiger charge is -1.91. The van der Waals surface area contributed by atoms with Crippen LogP contribution in [0, 0.1) is 0 Å². The molecular formula is C19H22N2O. The summed E-state index contributed by atoms with van der Waals surface area (Å²) in [6, 6.07) is 21.6. The van der Waals surface area contributed by atoms with Crippen LogP contribution in [0.3, 0.4) is 0 Å². The Hall–Kier alpha value is -2.68. The molecule has 0 aliphatic heterocycles. The molecule has 1 aromatic heterocycles. The average Bonchev–Trinajstić information content (AvgIpc) is 2.58. The predicted molar refractivity (Wildman–Crippen MR) is 93.6 cm³/mol. The monoisotopic (exact) mass is 294 g/mol. The number of hydrogen-bond acceptors (Lipinski definition) is 3. The summed E-state index contributed by atoms with van der Waals surface area (Å²) in [6.07, 6.45) is 4.42. The molecule has 0 radical (unpaired) electrons. The van der Waals surface area contributed by atoms with Gasteiger partial charge in [-0.15, -0.1) is 0 Å². The number of carbonyl (C=O) groups excluding carboxylic acids is 1. The second kappa shape index (κ2) is 11.0. The molecule has 2 aromatic carbocycles. The van der Waals surface area contributed by atoms with E-state index in [-0.39, 0.29) is 0 Å². The fraction of sp³-hybridized carbons (Fsp3) is 0.158. The van der Waals surface area contributed by atoms with Gasteiger partial charge in [0, 0.05) is 23.7 Å². The smallest absolute Gasteiger partial charge is 0.119 e. The lowest BCUT2D eigenvalue weighted by Crippen LogP contribution is -1.79. The van der Waals surface area contributed by atoms with Crippen molar-refractivity contribution in [2.75, 3.05) is 5.73 Å². The topological polar surface area (TPSA) is 56.0 Å². The van der Waals surface area contributed by atoms with Crippen LogP contribution in [0.2, 0.25) is 0 Å². The first-order valence-electron chi connectivity index (χ1n) is 7.31. The maximum absolute atomic E-state index is 9.40. The molecule has 0 amide bonds. The van der Waals surface area contributed by atoms with Crippen molar-refractivity contribution in [2.45, 2.75) is 19.8 Å². The molecule has 0 fully saturated rings. The Balaban J connectivity index is 0.000000178. The Morgan fingerprint density at radius 1 is 0.955 bits per heavy atom. The fourth-order valence-electron chi connectivity index (χ4n) is 1.59. The molecule has 0 saturated heterocycles. The van der Waals surface area contributed by atoms with Crippen molar-refractivity contribution >= 4 is 22.9 Å². The quantitative estimate of drug-likeness (QED) is 0.559. The van der Waals surface area contributed by atoms with Gasteiger partial charge < -0.3 is 10.5 Å². The van der Waals surface area contributed by atoms with Gasteiger partial charge in [-0.3, -0.25) is 4.98 Å². The summed E-state index contributed by atoms with van der Waals surface area (Å²) < 4.78 is 0. The zero-order chi connectivity index (χ0) is 16.0. The number of carbonyl (C=O) groups is 1. The Morgan fingerprint density at radius 3 is 2.09 bits per heavy atom. The zero-order valence-electron chi connectivity index (χ0n) is 12.9. The molecule has 22 heavy (non-hydrogen) atoms. The second-order valence-electron chi connectivity index (χ2n) is 4.56. The lowest BCUT2D eigenvalue weighted by atomic mass is 10.2. The number of unbranched alkanes of at least 4 members (excludes halogenated alkanes) is 1. The highest BCUT2D eigenvalue weighted by Gasteiger charge is 1.86. The number of nitrogens with two attached hydrogens (primary N) is 1. The summed E-state index contributed by atoms with van der Waals surface area (Å²) in [5, 5.41) is 1.20. The fourth-order valence-corrected chi connectivity index (χ4v) is 1.59. The molecule has 2 N–H and O–H groups in total. The molecule has 0 aliphatic carbocycles. The number of nitrogen functional groups attached to an aromatic ring is 1. The van der Waals surface area contributed by atoms with Gasteiger partial charge >= 0.3 is 0 Å². The van der Waals surface area contributed by atoms with Crippen molar-refractivity contribution in [3.05, 3.63) is 72.9 Å². The second-order valence-corrected chi connectivity index (χ2v) is 4.56. The number of para-hydroxylation sites is 2. The molecule has 0 unspecified atom stereocenters. The van der Waals surface area contributed by atoms with Gasteiger partial charge in [0.25, 0.3) is 0 Å². The van der Waals surface area contributed by atoms with Gasteiger partial charge in [0.2, 0.25) is 0 Å². The van der Waals surface area contributed by atoms with Gasteiger partial charge in [-0.25, -0.2) is 0 Å². The standard InChI is InChI=1S/C9H7N.C6H7N.C4H8O/c1-2-6-9-8(4-1)5-3-7-10-9;7-6-4-2-1-3-5-6;1-2-3-4-5/h1-7H;1-5H,7H2;4H,2-3H2,1H3. The van der Waals surface area contributed by atoms with Crippen molar-refractivity contribution in [2.24, 2.45) is 0 Å². The number of aromatic nitrogens is 1. The van der Waals surface area contributed by atoms with Crippen molar-refractivity contribution in [3.63, 3.8) is 0 Å². The number of rotatable bonds is 2. The van der Waals surface area contributed by atoms with Gasteiger partial charge in [-0.05, 0) is 30.7 Å². The number of aldehydes is 1. The molecule has 0 aliphatic rings. The van der Waals surface area contributed by atoms with Crippen LogP contribution < -0.4 is 5.73 Å². The van der Waals surface area contributed by atoms with Gasteiger partial charge in [-0.1, -0.05) is 49.4 Å². The van der Waals surface area contributed by atoms with Crippen LogP contribution in [-0.4, -0.2) is 11.3 Å². The number of hydrogen-bond donors (Lipinski definition) is 1. The van der Waals surface area contributed by atoms with Gasteiger partial charge in [0.15, 0.2) is 0 Å². The van der Waals surface area contributed by atoms with Crippen LogP contribution in [0.25, 0.3) is 10.9 Å². The van der Waals surface area contributed by atoms with E-state index in [4.69, 9.17) is 5.73 Å². The molecular weight excluding hydrogens is 272 g/mol. The van der Waals surface area contributed by atoms with Crippen LogP contribution >= 0.6 is 0 Å². The Labute approximate surface area is 131 Å². The molecule has 114 valence electrons. The van der Waals surface area contributed by atoms with Gasteiger partial charge in [0.1, 0.15) is 6.29 Å². The number of pyridine rings is 1. The van der Waals surface area contributed by atoms with Gasteiger partial charge in [0.05, 0.1) is 5.52 Å². The van der Waals surface area contributed by atoms with E-state index >= 15 is 0 Å². The number of fused-ring (bicyclic) bond motifs is 1. The summed E-state index contributed by atoms with van der Waals surface area (Å²) in [4.78, 5) is 13.6. The van der Waals surface area contributed by atoms with E-state index in [0.717, 1.165) is 23.9 Å². The highest BCUT2D eigenvalue weighted by atomic mass is 16.1. The van der Waals surface area contributed by atoms with E-state index in [1.54, 1.807) is 0 Å². The van der Waals surface area contributed by atoms with Crippen LogP contribution in [0.1, 0.15) is 19.8 Å². The normalized spacial score (nSPS) is 8.95. The zero-order valence-corrected chi connectivity index (χ0v) is 12.9. The SMILES string of the molecule is CCCC=O.Nc1ccccc1.c1ccc2ncccc2c1.